The summed E-state index contributed by atoms with van der Waals surface area (Å²) in [6.45, 7) is 0.131. The van der Waals surface area contributed by atoms with E-state index >= 15 is 0 Å². The van der Waals surface area contributed by atoms with Crippen LogP contribution in [0.15, 0.2) is 48.5 Å². The molecule has 1 aliphatic heterocycles. The fourth-order valence-corrected chi connectivity index (χ4v) is 3.06. The molecule has 0 saturated carbocycles. The Morgan fingerprint density at radius 1 is 1.18 bits per heavy atom. The largest absolute Gasteiger partial charge is 0.492 e. The van der Waals surface area contributed by atoms with Crippen molar-refractivity contribution < 1.29 is 23.9 Å². The summed E-state index contributed by atoms with van der Waals surface area (Å²) in [7, 11) is 1.38. The Balaban J connectivity index is 1.76. The van der Waals surface area contributed by atoms with Crippen molar-refractivity contribution >= 4 is 29.5 Å². The number of esters is 1. The molecule has 0 spiro atoms. The predicted molar refractivity (Wildman–Crippen MR) is 102 cm³/mol. The summed E-state index contributed by atoms with van der Waals surface area (Å²) in [5.74, 6) is -1.25. The minimum atomic E-state index is -1.26. The molecule has 28 heavy (non-hydrogen) atoms. The average molecular weight is 403 g/mol. The second-order valence-corrected chi connectivity index (χ2v) is 6.70. The highest BCUT2D eigenvalue weighted by Gasteiger charge is 2.32. The number of benzene rings is 2. The second-order valence-electron chi connectivity index (χ2n) is 6.26. The van der Waals surface area contributed by atoms with Gasteiger partial charge in [-0.05, 0) is 30.2 Å². The number of rotatable bonds is 4. The molecule has 2 aromatic carbocycles. The lowest BCUT2D eigenvalue weighted by molar-refractivity contribution is -0.161. The van der Waals surface area contributed by atoms with Gasteiger partial charge in [-0.1, -0.05) is 41.9 Å². The SMILES string of the molecule is CNC(=O)NC(=O)[C@H](OC(=O)[C@@H]1COc2ccc(Cl)cc2C1)c1ccccc1. The third-order valence-electron chi connectivity index (χ3n) is 4.30. The van der Waals surface area contributed by atoms with Crippen LogP contribution in [-0.4, -0.2) is 31.6 Å². The summed E-state index contributed by atoms with van der Waals surface area (Å²) < 4.78 is 11.1. The minimum absolute atomic E-state index is 0.131. The molecule has 3 amide bonds. The highest BCUT2D eigenvalue weighted by Crippen LogP contribution is 2.31. The summed E-state index contributed by atoms with van der Waals surface area (Å²) in [6, 6.07) is 13.0. The molecule has 0 unspecified atom stereocenters. The van der Waals surface area contributed by atoms with Crippen molar-refractivity contribution in [3.8, 4) is 5.75 Å². The number of carbonyl (C=O) groups excluding carboxylic acids is 3. The van der Waals surface area contributed by atoms with E-state index in [1.54, 1.807) is 48.5 Å². The minimum Gasteiger partial charge on any atom is -0.492 e. The first-order chi connectivity index (χ1) is 13.5. The number of hydrogen-bond acceptors (Lipinski definition) is 5. The molecule has 1 heterocycles. The molecule has 0 saturated heterocycles. The summed E-state index contributed by atoms with van der Waals surface area (Å²) in [6.07, 6.45) is -0.875. The van der Waals surface area contributed by atoms with Gasteiger partial charge in [-0.15, -0.1) is 0 Å². The molecule has 2 atom stereocenters. The first-order valence-electron chi connectivity index (χ1n) is 8.67. The van der Waals surface area contributed by atoms with Crippen molar-refractivity contribution in [2.24, 2.45) is 5.92 Å². The zero-order chi connectivity index (χ0) is 20.1. The lowest BCUT2D eigenvalue weighted by Crippen LogP contribution is -2.42. The molecule has 0 fully saturated rings. The van der Waals surface area contributed by atoms with Crippen molar-refractivity contribution in [3.05, 3.63) is 64.7 Å². The van der Waals surface area contributed by atoms with Gasteiger partial charge in [0.2, 0.25) is 6.10 Å². The average Bonchev–Trinajstić information content (AvgIpc) is 2.71. The highest BCUT2D eigenvalue weighted by molar-refractivity contribution is 6.30. The van der Waals surface area contributed by atoms with Crippen LogP contribution >= 0.6 is 11.6 Å². The van der Waals surface area contributed by atoms with Crippen LogP contribution in [0.1, 0.15) is 17.2 Å². The summed E-state index contributed by atoms with van der Waals surface area (Å²) in [5.41, 5.74) is 1.25. The van der Waals surface area contributed by atoms with E-state index in [1.807, 2.05) is 0 Å². The van der Waals surface area contributed by atoms with Crippen LogP contribution in [0.25, 0.3) is 0 Å². The number of halogens is 1. The molecule has 0 aromatic heterocycles. The van der Waals surface area contributed by atoms with Gasteiger partial charge in [0.05, 0.1) is 5.92 Å². The van der Waals surface area contributed by atoms with E-state index in [4.69, 9.17) is 21.1 Å². The van der Waals surface area contributed by atoms with Crippen LogP contribution in [0.5, 0.6) is 5.75 Å². The molecule has 146 valence electrons. The van der Waals surface area contributed by atoms with Gasteiger partial charge >= 0.3 is 12.0 Å². The fraction of sp³-hybridized carbons (Fsp3) is 0.250. The number of imide groups is 1. The van der Waals surface area contributed by atoms with Gasteiger partial charge in [0.25, 0.3) is 5.91 Å². The van der Waals surface area contributed by atoms with Gasteiger partial charge in [-0.25, -0.2) is 4.79 Å². The Hall–Kier alpha value is -3.06. The van der Waals surface area contributed by atoms with E-state index in [9.17, 15) is 14.4 Å². The number of hydrogen-bond donors (Lipinski definition) is 2. The van der Waals surface area contributed by atoms with Gasteiger partial charge in [-0.2, -0.15) is 0 Å². The van der Waals surface area contributed by atoms with Crippen molar-refractivity contribution in [2.45, 2.75) is 12.5 Å². The number of fused-ring (bicyclic) bond motifs is 1. The third-order valence-corrected chi connectivity index (χ3v) is 4.54. The molecule has 0 aliphatic carbocycles. The van der Waals surface area contributed by atoms with Gasteiger partial charge in [0.1, 0.15) is 12.4 Å². The Kier molecular flexibility index (Phi) is 6.16. The van der Waals surface area contributed by atoms with E-state index in [0.29, 0.717) is 22.8 Å². The van der Waals surface area contributed by atoms with Crippen LogP contribution in [0.4, 0.5) is 4.79 Å². The fourth-order valence-electron chi connectivity index (χ4n) is 2.87. The van der Waals surface area contributed by atoms with E-state index in [1.165, 1.54) is 7.05 Å². The van der Waals surface area contributed by atoms with Gasteiger partial charge in [-0.3, -0.25) is 14.9 Å². The first-order valence-corrected chi connectivity index (χ1v) is 9.05. The zero-order valence-corrected chi connectivity index (χ0v) is 15.9. The van der Waals surface area contributed by atoms with Crippen LogP contribution < -0.4 is 15.4 Å². The summed E-state index contributed by atoms with van der Waals surface area (Å²) in [4.78, 5) is 36.7. The second kappa shape index (κ2) is 8.75. The van der Waals surface area contributed by atoms with Crippen LogP contribution in [-0.2, 0) is 20.7 Å². The smallest absolute Gasteiger partial charge is 0.321 e. The zero-order valence-electron chi connectivity index (χ0n) is 15.1. The molecular weight excluding hydrogens is 384 g/mol. The van der Waals surface area contributed by atoms with Crippen molar-refractivity contribution in [1.82, 2.24) is 10.6 Å². The number of ether oxygens (including phenoxy) is 2. The first kappa shape index (κ1) is 19.7. The Labute approximate surface area is 167 Å². The van der Waals surface area contributed by atoms with Gasteiger partial charge in [0.15, 0.2) is 0 Å². The Morgan fingerprint density at radius 2 is 1.93 bits per heavy atom. The maximum atomic E-state index is 12.7. The van der Waals surface area contributed by atoms with Gasteiger partial charge < -0.3 is 14.8 Å². The molecule has 0 radical (unpaired) electrons. The lowest BCUT2D eigenvalue weighted by Gasteiger charge is -2.26. The number of nitrogens with one attached hydrogen (secondary N) is 2. The molecule has 3 rings (SSSR count). The van der Waals surface area contributed by atoms with E-state index < -0.39 is 29.9 Å². The summed E-state index contributed by atoms with van der Waals surface area (Å²) in [5, 5.41) is 4.98. The van der Waals surface area contributed by atoms with Crippen molar-refractivity contribution in [2.75, 3.05) is 13.7 Å². The summed E-state index contributed by atoms with van der Waals surface area (Å²) >= 11 is 6.01. The highest BCUT2D eigenvalue weighted by atomic mass is 35.5. The maximum absolute atomic E-state index is 12.7. The third kappa shape index (κ3) is 4.61. The van der Waals surface area contributed by atoms with E-state index in [-0.39, 0.29) is 6.61 Å². The number of carbonyl (C=O) groups is 3. The monoisotopic (exact) mass is 402 g/mol. The van der Waals surface area contributed by atoms with Crippen LogP contribution in [0, 0.1) is 5.92 Å². The van der Waals surface area contributed by atoms with Crippen LogP contribution in [0.2, 0.25) is 5.02 Å². The lowest BCUT2D eigenvalue weighted by atomic mass is 9.96. The molecular formula is C20H19ClN2O5. The topological polar surface area (TPSA) is 93.7 Å². The predicted octanol–water partition coefficient (Wildman–Crippen LogP) is 2.63. The van der Waals surface area contributed by atoms with Crippen molar-refractivity contribution in [1.29, 1.82) is 0 Å². The molecule has 0 bridgehead atoms. The molecule has 7 nitrogen and oxygen atoms in total. The number of amides is 3. The normalized spacial score (nSPS) is 16.1. The maximum Gasteiger partial charge on any atom is 0.321 e. The Bertz CT molecular complexity index is 887. The standard InChI is InChI=1S/C20H19ClN2O5/c1-22-20(26)23-18(24)17(12-5-3-2-4-6-12)28-19(25)14-9-13-10-15(21)7-8-16(13)27-11-14/h2-8,10,14,17H,9,11H2,1H3,(H2,22,23,24,26)/t14-,17+/m0/s1. The quantitative estimate of drug-likeness (QED) is 0.767. The molecule has 2 aromatic rings. The van der Waals surface area contributed by atoms with Crippen LogP contribution in [0.3, 0.4) is 0 Å². The van der Waals surface area contributed by atoms with E-state index in [0.717, 1.165) is 5.56 Å². The Morgan fingerprint density at radius 3 is 2.64 bits per heavy atom. The number of urea groups is 1. The van der Waals surface area contributed by atoms with E-state index in [2.05, 4.69) is 10.6 Å². The van der Waals surface area contributed by atoms with Gasteiger partial charge in [0, 0.05) is 17.6 Å². The van der Waals surface area contributed by atoms with Crippen molar-refractivity contribution in [3.63, 3.8) is 0 Å². The molecule has 8 heteroatoms. The molecule has 1 aliphatic rings. The molecule has 2 N–H and O–H groups in total.